The summed E-state index contributed by atoms with van der Waals surface area (Å²) >= 11 is 0. The van der Waals surface area contributed by atoms with Gasteiger partial charge in [-0.1, -0.05) is 24.3 Å². The van der Waals surface area contributed by atoms with Gasteiger partial charge in [-0.2, -0.15) is 0 Å². The van der Waals surface area contributed by atoms with Crippen LogP contribution in [-0.2, 0) is 14.8 Å². The van der Waals surface area contributed by atoms with E-state index >= 15 is 0 Å². The molecule has 2 N–H and O–H groups in total. The van der Waals surface area contributed by atoms with Gasteiger partial charge in [-0.25, -0.2) is 21.9 Å². The minimum Gasteiger partial charge on any atom is -0.349 e. The van der Waals surface area contributed by atoms with Crippen molar-refractivity contribution in [2.45, 2.75) is 49.6 Å². The summed E-state index contributed by atoms with van der Waals surface area (Å²) in [6.07, 6.45) is 3.39. The number of halogens is 2. The van der Waals surface area contributed by atoms with Crippen LogP contribution in [0.2, 0.25) is 0 Å². The number of nitrogens with zero attached hydrogens (tertiary/aromatic N) is 1. The molecule has 4 rings (SSSR count). The number of hydrogen-bond acceptors (Lipinski definition) is 4. The van der Waals surface area contributed by atoms with Gasteiger partial charge in [0.15, 0.2) is 0 Å². The highest BCUT2D eigenvalue weighted by molar-refractivity contribution is 7.89. The van der Waals surface area contributed by atoms with Gasteiger partial charge in [0.1, 0.15) is 16.5 Å². The third-order valence-corrected chi connectivity index (χ3v) is 7.57. The number of rotatable bonds is 6. The first-order valence-corrected chi connectivity index (χ1v) is 12.3. The Morgan fingerprint density at radius 3 is 2.52 bits per heavy atom. The van der Waals surface area contributed by atoms with E-state index in [9.17, 15) is 22.0 Å². The van der Waals surface area contributed by atoms with Crippen molar-refractivity contribution in [3.63, 3.8) is 0 Å². The first kappa shape index (κ1) is 23.3. The molecule has 9 heteroatoms. The van der Waals surface area contributed by atoms with Crippen molar-refractivity contribution in [1.29, 1.82) is 0 Å². The largest absolute Gasteiger partial charge is 0.349 e. The van der Waals surface area contributed by atoms with Gasteiger partial charge in [-0.15, -0.1) is 0 Å². The fraction of sp³-hybridized carbons (Fsp3) is 0.333. The van der Waals surface area contributed by atoms with Gasteiger partial charge in [-0.3, -0.25) is 9.78 Å². The van der Waals surface area contributed by atoms with E-state index in [1.54, 1.807) is 13.0 Å². The summed E-state index contributed by atoms with van der Waals surface area (Å²) in [7, 11) is -3.74. The topological polar surface area (TPSA) is 88.2 Å². The first-order chi connectivity index (χ1) is 15.7. The van der Waals surface area contributed by atoms with E-state index in [2.05, 4.69) is 15.0 Å². The number of aromatic nitrogens is 1. The van der Waals surface area contributed by atoms with Crippen LogP contribution < -0.4 is 10.0 Å². The number of nitrogens with one attached hydrogen (secondary N) is 2. The lowest BCUT2D eigenvalue weighted by molar-refractivity contribution is -0.126. The Hall–Kier alpha value is -2.91. The third-order valence-electron chi connectivity index (χ3n) is 6.08. The second-order valence-electron chi connectivity index (χ2n) is 8.43. The molecule has 1 amide bonds. The highest BCUT2D eigenvalue weighted by atomic mass is 32.2. The van der Waals surface area contributed by atoms with Gasteiger partial charge in [0, 0.05) is 35.2 Å². The predicted octanol–water partition coefficient (Wildman–Crippen LogP) is 4.23. The molecule has 33 heavy (non-hydrogen) atoms. The normalized spacial score (nSPS) is 19.8. The maximum absolute atomic E-state index is 14.0. The SMILES string of the molecule is CC(NC(=O)[C@H]1CC[C@H](NS(=O)(=O)c2cnc3ccccc3c2)CC1)c1ccc(F)cc1F. The summed E-state index contributed by atoms with van der Waals surface area (Å²) in [6, 6.07) is 11.3. The van der Waals surface area contributed by atoms with Crippen molar-refractivity contribution in [2.24, 2.45) is 5.92 Å². The number of carbonyl (C=O) groups excluding carboxylic acids is 1. The fourth-order valence-corrected chi connectivity index (χ4v) is 5.50. The van der Waals surface area contributed by atoms with Crippen molar-refractivity contribution >= 4 is 26.8 Å². The third kappa shape index (κ3) is 5.36. The van der Waals surface area contributed by atoms with Gasteiger partial charge in [-0.05, 0) is 50.8 Å². The summed E-state index contributed by atoms with van der Waals surface area (Å²) in [5.41, 5.74) is 0.938. The lowest BCUT2D eigenvalue weighted by atomic mass is 9.85. The number of sulfonamides is 1. The van der Waals surface area contributed by atoms with Crippen molar-refractivity contribution in [2.75, 3.05) is 0 Å². The number of para-hydroxylation sites is 1. The van der Waals surface area contributed by atoms with Gasteiger partial charge in [0.05, 0.1) is 11.6 Å². The molecular weight excluding hydrogens is 448 g/mol. The molecule has 1 aliphatic carbocycles. The fourth-order valence-electron chi connectivity index (χ4n) is 4.22. The van der Waals surface area contributed by atoms with Crippen molar-refractivity contribution in [3.8, 4) is 0 Å². The summed E-state index contributed by atoms with van der Waals surface area (Å²) < 4.78 is 55.5. The van der Waals surface area contributed by atoms with Crippen LogP contribution in [0.15, 0.2) is 59.6 Å². The molecular formula is C24H25F2N3O3S. The Bertz CT molecular complexity index is 1270. The molecule has 174 valence electrons. The zero-order valence-electron chi connectivity index (χ0n) is 18.1. The van der Waals surface area contributed by atoms with Crippen LogP contribution in [0.1, 0.15) is 44.2 Å². The Labute approximate surface area is 191 Å². The molecule has 0 bridgehead atoms. The maximum atomic E-state index is 14.0. The van der Waals surface area contributed by atoms with E-state index in [4.69, 9.17) is 0 Å². The number of fused-ring (bicyclic) bond motifs is 1. The van der Waals surface area contributed by atoms with Crippen LogP contribution in [0.3, 0.4) is 0 Å². The van der Waals surface area contributed by atoms with Gasteiger partial charge >= 0.3 is 0 Å². The lowest BCUT2D eigenvalue weighted by Gasteiger charge is -2.29. The molecule has 1 atom stereocenters. The van der Waals surface area contributed by atoms with E-state index in [1.165, 1.54) is 12.3 Å². The zero-order valence-corrected chi connectivity index (χ0v) is 18.9. The summed E-state index contributed by atoms with van der Waals surface area (Å²) in [5.74, 6) is -1.88. The quantitative estimate of drug-likeness (QED) is 0.561. The lowest BCUT2D eigenvalue weighted by Crippen LogP contribution is -2.41. The maximum Gasteiger partial charge on any atom is 0.242 e. The van der Waals surface area contributed by atoms with Gasteiger partial charge in [0.25, 0.3) is 0 Å². The Morgan fingerprint density at radius 2 is 1.79 bits per heavy atom. The van der Waals surface area contributed by atoms with E-state index in [0.29, 0.717) is 25.7 Å². The van der Waals surface area contributed by atoms with E-state index in [1.807, 2.05) is 24.3 Å². The zero-order chi connectivity index (χ0) is 23.6. The molecule has 0 spiro atoms. The van der Waals surface area contributed by atoms with Crippen LogP contribution in [-0.4, -0.2) is 25.4 Å². The highest BCUT2D eigenvalue weighted by Gasteiger charge is 2.30. The second-order valence-corrected chi connectivity index (χ2v) is 10.1. The van der Waals surface area contributed by atoms with Gasteiger partial charge in [0.2, 0.25) is 15.9 Å². The highest BCUT2D eigenvalue weighted by Crippen LogP contribution is 2.27. The predicted molar refractivity (Wildman–Crippen MR) is 121 cm³/mol. The van der Waals surface area contributed by atoms with Crippen molar-refractivity contribution in [1.82, 2.24) is 15.0 Å². The monoisotopic (exact) mass is 473 g/mol. The molecule has 1 unspecified atom stereocenters. The number of hydrogen-bond donors (Lipinski definition) is 2. The number of benzene rings is 2. The van der Waals surface area contributed by atoms with Crippen LogP contribution >= 0.6 is 0 Å². The average Bonchev–Trinajstić information content (AvgIpc) is 2.78. The first-order valence-electron chi connectivity index (χ1n) is 10.9. The molecule has 0 radical (unpaired) electrons. The minimum absolute atomic E-state index is 0.108. The number of amides is 1. The molecule has 2 aromatic carbocycles. The van der Waals surface area contributed by atoms with E-state index < -0.39 is 27.7 Å². The van der Waals surface area contributed by atoms with Crippen LogP contribution in [0.25, 0.3) is 10.9 Å². The molecule has 1 aromatic heterocycles. The molecule has 1 aliphatic rings. The molecule has 0 saturated heterocycles. The molecule has 6 nitrogen and oxygen atoms in total. The minimum atomic E-state index is -3.74. The summed E-state index contributed by atoms with van der Waals surface area (Å²) in [6.45, 7) is 1.64. The molecule has 1 fully saturated rings. The van der Waals surface area contributed by atoms with E-state index in [-0.39, 0.29) is 28.3 Å². The summed E-state index contributed by atoms with van der Waals surface area (Å²) in [4.78, 5) is 17.0. The average molecular weight is 474 g/mol. The van der Waals surface area contributed by atoms with Crippen LogP contribution in [0, 0.1) is 17.6 Å². The Kier molecular flexibility index (Phi) is 6.71. The number of carbonyl (C=O) groups is 1. The molecule has 3 aromatic rings. The molecule has 1 saturated carbocycles. The molecule has 0 aliphatic heterocycles. The van der Waals surface area contributed by atoms with Crippen LogP contribution in [0.4, 0.5) is 8.78 Å². The number of pyridine rings is 1. The van der Waals surface area contributed by atoms with E-state index in [0.717, 1.165) is 23.0 Å². The molecule has 1 heterocycles. The second kappa shape index (κ2) is 9.52. The van der Waals surface area contributed by atoms with Gasteiger partial charge < -0.3 is 5.32 Å². The van der Waals surface area contributed by atoms with Crippen LogP contribution in [0.5, 0.6) is 0 Å². The summed E-state index contributed by atoms with van der Waals surface area (Å²) in [5, 5.41) is 3.53. The van der Waals surface area contributed by atoms with Crippen molar-refractivity contribution in [3.05, 3.63) is 71.9 Å². The Balaban J connectivity index is 1.33. The standard InChI is InChI=1S/C24H25F2N3O3S/c1-15(21-11-8-18(25)13-22(21)26)28-24(30)16-6-9-19(10-7-16)29-33(31,32)20-12-17-4-2-3-5-23(17)27-14-20/h2-5,8,11-16,19,29H,6-7,9-10H2,1H3,(H,28,30)/t15?,16-,19-. The smallest absolute Gasteiger partial charge is 0.242 e. The Morgan fingerprint density at radius 1 is 1.06 bits per heavy atom. The van der Waals surface area contributed by atoms with Crippen molar-refractivity contribution < 1.29 is 22.0 Å².